The highest BCUT2D eigenvalue weighted by atomic mass is 16.5. The van der Waals surface area contributed by atoms with Gasteiger partial charge < -0.3 is 9.84 Å². The molecule has 0 aliphatic heterocycles. The van der Waals surface area contributed by atoms with Gasteiger partial charge in [-0.2, -0.15) is 0 Å². The molecule has 0 aliphatic carbocycles. The fraction of sp³-hybridized carbons (Fsp3) is 0.941. The highest BCUT2D eigenvalue weighted by Gasteiger charge is 2.05. The Kier molecular flexibility index (Phi) is 14.4. The Morgan fingerprint density at radius 1 is 0.900 bits per heavy atom. The van der Waals surface area contributed by atoms with Crippen LogP contribution in [0, 0.1) is 0 Å². The lowest BCUT2D eigenvalue weighted by atomic mass is 10.0. The summed E-state index contributed by atoms with van der Waals surface area (Å²) in [6.07, 6.45) is 14.2. The molecule has 0 saturated heterocycles. The van der Waals surface area contributed by atoms with Gasteiger partial charge in [0, 0.05) is 6.42 Å². The van der Waals surface area contributed by atoms with Crippen LogP contribution in [0.5, 0.6) is 0 Å². The Morgan fingerprint density at radius 3 is 1.95 bits per heavy atom. The first-order valence-corrected chi connectivity index (χ1v) is 8.45. The van der Waals surface area contributed by atoms with Crippen LogP contribution in [0.4, 0.5) is 0 Å². The zero-order valence-corrected chi connectivity index (χ0v) is 13.5. The van der Waals surface area contributed by atoms with E-state index in [4.69, 9.17) is 0 Å². The molecule has 0 aromatic carbocycles. The number of aliphatic hydroxyl groups is 1. The number of aliphatic hydroxyl groups excluding tert-OH is 1. The minimum absolute atomic E-state index is 0.150. The summed E-state index contributed by atoms with van der Waals surface area (Å²) < 4.78 is 4.58. The first-order chi connectivity index (χ1) is 9.70. The Hall–Kier alpha value is -0.570. The maximum atomic E-state index is 10.9. The van der Waals surface area contributed by atoms with E-state index >= 15 is 0 Å². The molecule has 0 bridgehead atoms. The van der Waals surface area contributed by atoms with E-state index in [1.807, 2.05) is 0 Å². The number of methoxy groups -OCH3 is 1. The maximum Gasteiger partial charge on any atom is 0.305 e. The second-order valence-electron chi connectivity index (χ2n) is 5.74. The topological polar surface area (TPSA) is 46.5 Å². The van der Waals surface area contributed by atoms with Crippen molar-refractivity contribution < 1.29 is 14.6 Å². The third-order valence-corrected chi connectivity index (χ3v) is 3.79. The maximum absolute atomic E-state index is 10.9. The first kappa shape index (κ1) is 19.4. The van der Waals surface area contributed by atoms with Crippen molar-refractivity contribution in [2.24, 2.45) is 0 Å². The van der Waals surface area contributed by atoms with Crippen LogP contribution < -0.4 is 0 Å². The summed E-state index contributed by atoms with van der Waals surface area (Å²) >= 11 is 0. The van der Waals surface area contributed by atoms with Crippen LogP contribution in [-0.2, 0) is 9.53 Å². The van der Waals surface area contributed by atoms with Crippen molar-refractivity contribution in [3.8, 4) is 0 Å². The molecule has 1 N–H and O–H groups in total. The lowest BCUT2D eigenvalue weighted by molar-refractivity contribution is -0.140. The molecule has 0 saturated carbocycles. The molecular formula is C17H34O3. The quantitative estimate of drug-likeness (QED) is 0.374. The van der Waals surface area contributed by atoms with Gasteiger partial charge in [0.25, 0.3) is 0 Å². The number of hydrogen-bond donors (Lipinski definition) is 1. The molecule has 0 spiro atoms. The highest BCUT2D eigenvalue weighted by Crippen LogP contribution is 2.13. The van der Waals surface area contributed by atoms with E-state index in [1.165, 1.54) is 52.1 Å². The lowest BCUT2D eigenvalue weighted by Crippen LogP contribution is -2.07. The van der Waals surface area contributed by atoms with Gasteiger partial charge in [-0.15, -0.1) is 0 Å². The Balaban J connectivity index is 3.20. The highest BCUT2D eigenvalue weighted by molar-refractivity contribution is 5.68. The molecule has 1 unspecified atom stereocenters. The van der Waals surface area contributed by atoms with E-state index in [2.05, 4.69) is 11.7 Å². The average molecular weight is 286 g/mol. The molecule has 3 nitrogen and oxygen atoms in total. The molecule has 0 radical (unpaired) electrons. The van der Waals surface area contributed by atoms with Crippen LogP contribution in [0.15, 0.2) is 0 Å². The number of esters is 1. The van der Waals surface area contributed by atoms with Gasteiger partial charge in [-0.1, -0.05) is 64.7 Å². The largest absolute Gasteiger partial charge is 0.469 e. The van der Waals surface area contributed by atoms with Gasteiger partial charge in [0.15, 0.2) is 0 Å². The number of rotatable bonds is 14. The molecule has 1 atom stereocenters. The number of carbonyl (C=O) groups excluding carboxylic acids is 1. The van der Waals surface area contributed by atoms with Crippen LogP contribution in [-0.4, -0.2) is 24.3 Å². The van der Waals surface area contributed by atoms with E-state index in [9.17, 15) is 9.90 Å². The Bertz CT molecular complexity index is 216. The standard InChI is InChI=1S/C17H34O3/c1-3-4-5-6-7-8-9-10-13-16(18)14-11-12-15-17(19)20-2/h16,18H,3-15H2,1-2H3. The predicted molar refractivity (Wildman–Crippen MR) is 83.7 cm³/mol. The molecular weight excluding hydrogens is 252 g/mol. The van der Waals surface area contributed by atoms with Crippen molar-refractivity contribution >= 4 is 5.97 Å². The van der Waals surface area contributed by atoms with Crippen molar-refractivity contribution in [1.29, 1.82) is 0 Å². The molecule has 0 heterocycles. The molecule has 0 aromatic heterocycles. The zero-order chi connectivity index (χ0) is 15.1. The van der Waals surface area contributed by atoms with Crippen molar-refractivity contribution in [3.05, 3.63) is 0 Å². The van der Waals surface area contributed by atoms with Crippen LogP contribution >= 0.6 is 0 Å². The van der Waals surface area contributed by atoms with E-state index in [1.54, 1.807) is 0 Å². The second kappa shape index (κ2) is 14.8. The summed E-state index contributed by atoms with van der Waals surface area (Å²) in [5.41, 5.74) is 0. The summed E-state index contributed by atoms with van der Waals surface area (Å²) in [4.78, 5) is 10.9. The van der Waals surface area contributed by atoms with Crippen molar-refractivity contribution in [2.45, 2.75) is 96.5 Å². The lowest BCUT2D eigenvalue weighted by Gasteiger charge is -2.10. The first-order valence-electron chi connectivity index (χ1n) is 8.45. The summed E-state index contributed by atoms with van der Waals surface area (Å²) in [5.74, 6) is -0.150. The fourth-order valence-electron chi connectivity index (χ4n) is 2.41. The van der Waals surface area contributed by atoms with Gasteiger partial charge in [-0.05, 0) is 19.3 Å². The minimum atomic E-state index is -0.187. The van der Waals surface area contributed by atoms with Gasteiger partial charge >= 0.3 is 5.97 Å². The number of carbonyl (C=O) groups is 1. The van der Waals surface area contributed by atoms with Crippen LogP contribution in [0.1, 0.15) is 90.4 Å². The van der Waals surface area contributed by atoms with E-state index in [0.717, 1.165) is 32.1 Å². The molecule has 20 heavy (non-hydrogen) atoms. The third kappa shape index (κ3) is 13.9. The van der Waals surface area contributed by atoms with Gasteiger partial charge in [0.05, 0.1) is 13.2 Å². The summed E-state index contributed by atoms with van der Waals surface area (Å²) in [6, 6.07) is 0. The van der Waals surface area contributed by atoms with Crippen molar-refractivity contribution in [1.82, 2.24) is 0 Å². The zero-order valence-electron chi connectivity index (χ0n) is 13.5. The van der Waals surface area contributed by atoms with Gasteiger partial charge in [0.1, 0.15) is 0 Å². The second-order valence-corrected chi connectivity index (χ2v) is 5.74. The summed E-state index contributed by atoms with van der Waals surface area (Å²) in [6.45, 7) is 2.24. The third-order valence-electron chi connectivity index (χ3n) is 3.79. The molecule has 3 heteroatoms. The molecule has 0 aromatic rings. The fourth-order valence-corrected chi connectivity index (χ4v) is 2.41. The van der Waals surface area contributed by atoms with Gasteiger partial charge in [0.2, 0.25) is 0 Å². The Labute approximate surface area is 125 Å². The van der Waals surface area contributed by atoms with Gasteiger partial charge in [-0.25, -0.2) is 0 Å². The summed E-state index contributed by atoms with van der Waals surface area (Å²) in [7, 11) is 1.42. The molecule has 0 fully saturated rings. The molecule has 120 valence electrons. The smallest absolute Gasteiger partial charge is 0.305 e. The van der Waals surface area contributed by atoms with E-state index in [-0.39, 0.29) is 12.1 Å². The minimum Gasteiger partial charge on any atom is -0.469 e. The SMILES string of the molecule is CCCCCCCCCCC(O)CCCCC(=O)OC. The van der Waals surface area contributed by atoms with Crippen LogP contribution in [0.3, 0.4) is 0 Å². The monoisotopic (exact) mass is 286 g/mol. The summed E-state index contributed by atoms with van der Waals surface area (Å²) in [5, 5.41) is 9.83. The Morgan fingerprint density at radius 2 is 1.40 bits per heavy atom. The predicted octanol–water partition coefficient (Wildman–Crippen LogP) is 4.61. The number of hydrogen-bond acceptors (Lipinski definition) is 3. The average Bonchev–Trinajstić information content (AvgIpc) is 2.46. The van der Waals surface area contributed by atoms with Crippen molar-refractivity contribution in [2.75, 3.05) is 7.11 Å². The van der Waals surface area contributed by atoms with Gasteiger partial charge in [-0.3, -0.25) is 4.79 Å². The van der Waals surface area contributed by atoms with Crippen molar-refractivity contribution in [3.63, 3.8) is 0 Å². The molecule has 0 aliphatic rings. The normalized spacial score (nSPS) is 12.3. The molecule has 0 amide bonds. The van der Waals surface area contributed by atoms with E-state index < -0.39 is 0 Å². The molecule has 0 rings (SSSR count). The van der Waals surface area contributed by atoms with Crippen LogP contribution in [0.2, 0.25) is 0 Å². The van der Waals surface area contributed by atoms with E-state index in [0.29, 0.717) is 6.42 Å². The number of unbranched alkanes of at least 4 members (excludes halogenated alkanes) is 8. The van der Waals surface area contributed by atoms with Crippen LogP contribution in [0.25, 0.3) is 0 Å². The number of ether oxygens (including phenoxy) is 1.